The van der Waals surface area contributed by atoms with Gasteiger partial charge in [-0.1, -0.05) is 18.2 Å². The van der Waals surface area contributed by atoms with Gasteiger partial charge in [0.2, 0.25) is 0 Å². The molecule has 1 aliphatic heterocycles. The van der Waals surface area contributed by atoms with Crippen molar-refractivity contribution < 1.29 is 9.59 Å². The molecule has 4 nitrogen and oxygen atoms in total. The number of benzene rings is 1. The maximum atomic E-state index is 11.3. The molecular formula is C14H17ClN2O2. The van der Waals surface area contributed by atoms with E-state index in [-0.39, 0.29) is 24.2 Å². The van der Waals surface area contributed by atoms with Crippen molar-refractivity contribution in [2.75, 3.05) is 25.0 Å². The van der Waals surface area contributed by atoms with Crippen LogP contribution in [0, 0.1) is 0 Å². The first-order valence-corrected chi connectivity index (χ1v) is 5.98. The normalized spacial score (nSPS) is 13.6. The monoisotopic (exact) mass is 280 g/mol. The number of halogens is 1. The molecule has 1 aliphatic rings. The molecule has 0 spiro atoms. The summed E-state index contributed by atoms with van der Waals surface area (Å²) in [7, 11) is 2.00. The summed E-state index contributed by atoms with van der Waals surface area (Å²) in [5.74, 6) is -0.412. The van der Waals surface area contributed by atoms with E-state index in [1.807, 2.05) is 37.4 Å². The van der Waals surface area contributed by atoms with E-state index in [2.05, 4.69) is 4.90 Å². The van der Waals surface area contributed by atoms with Crippen molar-refractivity contribution in [1.82, 2.24) is 4.90 Å². The molecule has 0 radical (unpaired) electrons. The average molecular weight is 281 g/mol. The Hall–Kier alpha value is -1.81. The van der Waals surface area contributed by atoms with Crippen molar-refractivity contribution in [3.63, 3.8) is 0 Å². The van der Waals surface area contributed by atoms with Crippen LogP contribution in [0.15, 0.2) is 42.5 Å². The molecule has 19 heavy (non-hydrogen) atoms. The second kappa shape index (κ2) is 6.95. The average Bonchev–Trinajstić information content (AvgIpc) is 2.71. The molecule has 0 saturated carbocycles. The van der Waals surface area contributed by atoms with Crippen molar-refractivity contribution in [2.24, 2.45) is 0 Å². The van der Waals surface area contributed by atoms with Gasteiger partial charge in [-0.05, 0) is 18.6 Å². The van der Waals surface area contributed by atoms with Gasteiger partial charge in [-0.2, -0.15) is 0 Å². The fourth-order valence-corrected chi connectivity index (χ4v) is 1.93. The fraction of sp³-hybridized carbons (Fsp3) is 0.286. The lowest BCUT2D eigenvalue weighted by Crippen LogP contribution is -2.33. The molecule has 2 rings (SSSR count). The predicted molar refractivity (Wildman–Crippen MR) is 77.4 cm³/mol. The largest absolute Gasteiger partial charge is 0.375 e. The third-order valence-corrected chi connectivity index (χ3v) is 2.97. The molecule has 5 heteroatoms. The van der Waals surface area contributed by atoms with Crippen LogP contribution < -0.4 is 4.90 Å². The first-order valence-electron chi connectivity index (χ1n) is 5.98. The van der Waals surface area contributed by atoms with Crippen LogP contribution in [-0.4, -0.2) is 36.9 Å². The fourth-order valence-electron chi connectivity index (χ4n) is 1.93. The Morgan fingerprint density at radius 3 is 2.21 bits per heavy atom. The summed E-state index contributed by atoms with van der Waals surface area (Å²) >= 11 is 0. The highest BCUT2D eigenvalue weighted by atomic mass is 35.5. The number of imide groups is 1. The summed E-state index contributed by atoms with van der Waals surface area (Å²) in [4.78, 5) is 26.1. The number of nitrogens with zero attached hydrogens (tertiary/aromatic N) is 2. The molecular weight excluding hydrogens is 264 g/mol. The van der Waals surface area contributed by atoms with Gasteiger partial charge in [0.25, 0.3) is 11.8 Å². The van der Waals surface area contributed by atoms with E-state index < -0.39 is 0 Å². The van der Waals surface area contributed by atoms with E-state index in [0.717, 1.165) is 18.7 Å². The second-order valence-electron chi connectivity index (χ2n) is 4.27. The zero-order chi connectivity index (χ0) is 13.0. The minimum Gasteiger partial charge on any atom is -0.375 e. The Balaban J connectivity index is 0.00000180. The minimum absolute atomic E-state index is 0. The van der Waals surface area contributed by atoms with Gasteiger partial charge in [0, 0.05) is 38.0 Å². The molecule has 0 atom stereocenters. The molecule has 2 amide bonds. The Labute approximate surface area is 119 Å². The molecule has 1 aromatic carbocycles. The third-order valence-electron chi connectivity index (χ3n) is 2.97. The van der Waals surface area contributed by atoms with Crippen LogP contribution in [0.2, 0.25) is 0 Å². The van der Waals surface area contributed by atoms with Crippen LogP contribution in [-0.2, 0) is 9.59 Å². The molecule has 0 bridgehead atoms. The highest BCUT2D eigenvalue weighted by Gasteiger charge is 2.22. The SMILES string of the molecule is CN(CCCN1C(=O)C=CC1=O)c1ccccc1.Cl. The summed E-state index contributed by atoms with van der Waals surface area (Å²) in [6.45, 7) is 1.28. The molecule has 0 fully saturated rings. The summed E-state index contributed by atoms with van der Waals surface area (Å²) in [6.07, 6.45) is 3.41. The first-order chi connectivity index (χ1) is 8.68. The summed E-state index contributed by atoms with van der Waals surface area (Å²) in [6, 6.07) is 10.0. The highest BCUT2D eigenvalue weighted by molar-refractivity contribution is 6.12. The zero-order valence-electron chi connectivity index (χ0n) is 10.8. The maximum Gasteiger partial charge on any atom is 0.253 e. The molecule has 1 aromatic rings. The number of amides is 2. The summed E-state index contributed by atoms with van der Waals surface area (Å²) in [5, 5.41) is 0. The second-order valence-corrected chi connectivity index (χ2v) is 4.27. The van der Waals surface area contributed by atoms with E-state index in [4.69, 9.17) is 0 Å². The van der Waals surface area contributed by atoms with Gasteiger partial charge in [-0.25, -0.2) is 0 Å². The molecule has 0 unspecified atom stereocenters. The van der Waals surface area contributed by atoms with Crippen molar-refractivity contribution in [2.45, 2.75) is 6.42 Å². The van der Waals surface area contributed by atoms with Crippen LogP contribution in [0.4, 0.5) is 5.69 Å². The predicted octanol–water partition coefficient (Wildman–Crippen LogP) is 1.86. The van der Waals surface area contributed by atoms with Crippen molar-refractivity contribution >= 4 is 29.9 Å². The number of hydrogen-bond acceptors (Lipinski definition) is 3. The van der Waals surface area contributed by atoms with E-state index >= 15 is 0 Å². The van der Waals surface area contributed by atoms with E-state index in [1.54, 1.807) is 0 Å². The lowest BCUT2D eigenvalue weighted by atomic mass is 10.3. The molecule has 0 aliphatic carbocycles. The topological polar surface area (TPSA) is 40.6 Å². The maximum absolute atomic E-state index is 11.3. The smallest absolute Gasteiger partial charge is 0.253 e. The summed E-state index contributed by atoms with van der Waals surface area (Å²) in [5.41, 5.74) is 1.13. The van der Waals surface area contributed by atoms with Gasteiger partial charge in [0.1, 0.15) is 0 Å². The number of hydrogen-bond donors (Lipinski definition) is 0. The Morgan fingerprint density at radius 2 is 1.63 bits per heavy atom. The Morgan fingerprint density at radius 1 is 1.05 bits per heavy atom. The van der Waals surface area contributed by atoms with Gasteiger partial charge in [0.05, 0.1) is 0 Å². The van der Waals surface area contributed by atoms with E-state index in [0.29, 0.717) is 6.54 Å². The molecule has 0 N–H and O–H groups in total. The molecule has 1 heterocycles. The van der Waals surface area contributed by atoms with Gasteiger partial charge in [-0.15, -0.1) is 12.4 Å². The number of rotatable bonds is 5. The lowest BCUT2D eigenvalue weighted by Gasteiger charge is -2.21. The quantitative estimate of drug-likeness (QED) is 0.773. The Kier molecular flexibility index (Phi) is 5.57. The molecule has 102 valence electrons. The lowest BCUT2D eigenvalue weighted by molar-refractivity contribution is -0.136. The van der Waals surface area contributed by atoms with Crippen molar-refractivity contribution in [3.8, 4) is 0 Å². The van der Waals surface area contributed by atoms with Gasteiger partial charge in [0.15, 0.2) is 0 Å². The summed E-state index contributed by atoms with van der Waals surface area (Å²) < 4.78 is 0. The van der Waals surface area contributed by atoms with Crippen LogP contribution in [0.25, 0.3) is 0 Å². The Bertz CT molecular complexity index is 456. The van der Waals surface area contributed by atoms with Gasteiger partial charge < -0.3 is 4.90 Å². The van der Waals surface area contributed by atoms with Crippen molar-refractivity contribution in [3.05, 3.63) is 42.5 Å². The van der Waals surface area contributed by atoms with Gasteiger partial charge in [-0.3, -0.25) is 14.5 Å². The first kappa shape index (κ1) is 15.2. The van der Waals surface area contributed by atoms with E-state index in [1.165, 1.54) is 17.1 Å². The van der Waals surface area contributed by atoms with Crippen LogP contribution in [0.1, 0.15) is 6.42 Å². The highest BCUT2D eigenvalue weighted by Crippen LogP contribution is 2.11. The standard InChI is InChI=1S/C14H16N2O2.ClH/c1-15(12-6-3-2-4-7-12)10-5-11-16-13(17)8-9-14(16)18;/h2-4,6-9H,5,10-11H2,1H3;1H. The van der Waals surface area contributed by atoms with Crippen LogP contribution in [0.3, 0.4) is 0 Å². The number of anilines is 1. The zero-order valence-corrected chi connectivity index (χ0v) is 11.6. The van der Waals surface area contributed by atoms with Crippen molar-refractivity contribution in [1.29, 1.82) is 0 Å². The minimum atomic E-state index is -0.206. The van der Waals surface area contributed by atoms with Crippen LogP contribution in [0.5, 0.6) is 0 Å². The van der Waals surface area contributed by atoms with Gasteiger partial charge >= 0.3 is 0 Å². The molecule has 0 aromatic heterocycles. The van der Waals surface area contributed by atoms with E-state index in [9.17, 15) is 9.59 Å². The number of carbonyl (C=O) groups excluding carboxylic acids is 2. The molecule has 0 saturated heterocycles. The van der Waals surface area contributed by atoms with Crippen LogP contribution >= 0.6 is 12.4 Å². The number of carbonyl (C=O) groups is 2. The number of para-hydroxylation sites is 1. The third kappa shape index (κ3) is 3.83.